The van der Waals surface area contributed by atoms with Gasteiger partial charge in [0.1, 0.15) is 11.6 Å². The van der Waals surface area contributed by atoms with Gasteiger partial charge in [-0.3, -0.25) is 4.79 Å². The standard InChI is InChI=1S/C19H20FNO2/c1-23-17-9-7-15(8-10-17)18-6-3-11-21(18)19(22)13-14-4-2-5-16(20)12-14/h2,4-5,7-10,12,18H,3,6,11,13H2,1H3/t18-/m1/s1. The molecule has 2 aromatic carbocycles. The number of amides is 1. The number of rotatable bonds is 4. The molecule has 120 valence electrons. The molecule has 0 unspecified atom stereocenters. The second-order valence-corrected chi connectivity index (χ2v) is 5.83. The lowest BCUT2D eigenvalue weighted by atomic mass is 10.0. The number of nitrogens with zero attached hydrogens (tertiary/aromatic N) is 1. The Morgan fingerprint density at radius 2 is 2.04 bits per heavy atom. The van der Waals surface area contributed by atoms with E-state index in [0.717, 1.165) is 36.3 Å². The van der Waals surface area contributed by atoms with Gasteiger partial charge in [-0.2, -0.15) is 0 Å². The van der Waals surface area contributed by atoms with Gasteiger partial charge in [0.25, 0.3) is 0 Å². The van der Waals surface area contributed by atoms with Crippen LogP contribution in [0.3, 0.4) is 0 Å². The zero-order chi connectivity index (χ0) is 16.2. The van der Waals surface area contributed by atoms with Crippen molar-refractivity contribution in [3.63, 3.8) is 0 Å². The van der Waals surface area contributed by atoms with Crippen molar-refractivity contribution in [2.45, 2.75) is 25.3 Å². The van der Waals surface area contributed by atoms with Crippen LogP contribution >= 0.6 is 0 Å². The Labute approximate surface area is 135 Å². The molecule has 0 spiro atoms. The summed E-state index contributed by atoms with van der Waals surface area (Å²) in [5.41, 5.74) is 1.84. The Bertz CT molecular complexity index is 684. The minimum absolute atomic E-state index is 0.0499. The third-order valence-corrected chi connectivity index (χ3v) is 4.32. The lowest BCUT2D eigenvalue weighted by Gasteiger charge is -2.25. The molecule has 0 bridgehead atoms. The van der Waals surface area contributed by atoms with E-state index in [-0.39, 0.29) is 24.2 Å². The summed E-state index contributed by atoms with van der Waals surface area (Å²) in [6.45, 7) is 0.755. The van der Waals surface area contributed by atoms with Gasteiger partial charge in [0.2, 0.25) is 5.91 Å². The lowest BCUT2D eigenvalue weighted by Crippen LogP contribution is -2.31. The first kappa shape index (κ1) is 15.5. The molecule has 0 saturated carbocycles. The fraction of sp³-hybridized carbons (Fsp3) is 0.316. The Balaban J connectivity index is 1.73. The van der Waals surface area contributed by atoms with Gasteiger partial charge in [0.05, 0.1) is 19.6 Å². The van der Waals surface area contributed by atoms with Crippen LogP contribution in [0.4, 0.5) is 4.39 Å². The van der Waals surface area contributed by atoms with Crippen molar-refractivity contribution < 1.29 is 13.9 Å². The van der Waals surface area contributed by atoms with Gasteiger partial charge in [-0.05, 0) is 48.2 Å². The van der Waals surface area contributed by atoms with Crippen LogP contribution in [0.25, 0.3) is 0 Å². The molecule has 1 saturated heterocycles. The van der Waals surface area contributed by atoms with Crippen LogP contribution in [0.15, 0.2) is 48.5 Å². The Morgan fingerprint density at radius 3 is 2.74 bits per heavy atom. The second-order valence-electron chi connectivity index (χ2n) is 5.83. The molecule has 2 aromatic rings. The van der Waals surface area contributed by atoms with E-state index in [9.17, 15) is 9.18 Å². The van der Waals surface area contributed by atoms with Crippen molar-refractivity contribution in [3.05, 3.63) is 65.5 Å². The number of carbonyl (C=O) groups excluding carboxylic acids is 1. The normalized spacial score (nSPS) is 17.3. The number of likely N-dealkylation sites (tertiary alicyclic amines) is 1. The van der Waals surface area contributed by atoms with Gasteiger partial charge >= 0.3 is 0 Å². The van der Waals surface area contributed by atoms with Gasteiger partial charge in [0.15, 0.2) is 0 Å². The van der Waals surface area contributed by atoms with Crippen molar-refractivity contribution in [1.82, 2.24) is 4.90 Å². The maximum Gasteiger partial charge on any atom is 0.227 e. The van der Waals surface area contributed by atoms with Crippen molar-refractivity contribution in [2.75, 3.05) is 13.7 Å². The number of hydrogen-bond acceptors (Lipinski definition) is 2. The topological polar surface area (TPSA) is 29.5 Å². The van der Waals surface area contributed by atoms with Crippen LogP contribution in [0, 0.1) is 5.82 Å². The number of hydrogen-bond donors (Lipinski definition) is 0. The van der Waals surface area contributed by atoms with E-state index in [1.807, 2.05) is 29.2 Å². The van der Waals surface area contributed by atoms with Crippen LogP contribution < -0.4 is 4.74 Å². The van der Waals surface area contributed by atoms with Crippen molar-refractivity contribution >= 4 is 5.91 Å². The van der Waals surface area contributed by atoms with Crippen LogP contribution in [-0.4, -0.2) is 24.5 Å². The molecular formula is C19H20FNO2. The number of ether oxygens (including phenoxy) is 1. The molecular weight excluding hydrogens is 293 g/mol. The largest absolute Gasteiger partial charge is 0.497 e. The van der Waals surface area contributed by atoms with Crippen molar-refractivity contribution in [3.8, 4) is 5.75 Å². The number of methoxy groups -OCH3 is 1. The van der Waals surface area contributed by atoms with Crippen molar-refractivity contribution in [2.24, 2.45) is 0 Å². The average molecular weight is 313 g/mol. The highest BCUT2D eigenvalue weighted by Gasteiger charge is 2.29. The van der Waals surface area contributed by atoms with Crippen LogP contribution in [0.5, 0.6) is 5.75 Å². The summed E-state index contributed by atoms with van der Waals surface area (Å²) in [6, 6.07) is 14.2. The molecule has 23 heavy (non-hydrogen) atoms. The van der Waals surface area contributed by atoms with E-state index in [0.29, 0.717) is 0 Å². The summed E-state index contributed by atoms with van der Waals surface area (Å²) in [7, 11) is 1.64. The van der Waals surface area contributed by atoms with Gasteiger partial charge in [-0.25, -0.2) is 4.39 Å². The minimum atomic E-state index is -0.302. The smallest absolute Gasteiger partial charge is 0.227 e. The van der Waals surface area contributed by atoms with E-state index in [4.69, 9.17) is 4.74 Å². The van der Waals surface area contributed by atoms with Gasteiger partial charge in [0, 0.05) is 6.54 Å². The third-order valence-electron chi connectivity index (χ3n) is 4.32. The summed E-state index contributed by atoms with van der Waals surface area (Å²) in [4.78, 5) is 14.5. The minimum Gasteiger partial charge on any atom is -0.497 e. The molecule has 1 aliphatic rings. The summed E-state index contributed by atoms with van der Waals surface area (Å²) in [6.07, 6.45) is 2.19. The molecule has 0 aliphatic carbocycles. The second kappa shape index (κ2) is 6.82. The summed E-state index contributed by atoms with van der Waals surface area (Å²) in [5.74, 6) is 0.557. The maximum absolute atomic E-state index is 13.3. The average Bonchev–Trinajstić information content (AvgIpc) is 3.05. The lowest BCUT2D eigenvalue weighted by molar-refractivity contribution is -0.131. The third kappa shape index (κ3) is 3.52. The molecule has 3 rings (SSSR count). The first-order chi connectivity index (χ1) is 11.2. The van der Waals surface area contributed by atoms with E-state index in [1.54, 1.807) is 19.2 Å². The molecule has 4 heteroatoms. The molecule has 1 fully saturated rings. The van der Waals surface area contributed by atoms with Crippen LogP contribution in [0.2, 0.25) is 0 Å². The zero-order valence-corrected chi connectivity index (χ0v) is 13.2. The molecule has 1 atom stereocenters. The molecule has 0 radical (unpaired) electrons. The van der Waals surface area contributed by atoms with E-state index in [2.05, 4.69) is 0 Å². The van der Waals surface area contributed by atoms with E-state index < -0.39 is 0 Å². The number of halogens is 1. The highest BCUT2D eigenvalue weighted by molar-refractivity contribution is 5.79. The van der Waals surface area contributed by atoms with Gasteiger partial charge < -0.3 is 9.64 Å². The Kier molecular flexibility index (Phi) is 4.60. The summed E-state index contributed by atoms with van der Waals surface area (Å²) >= 11 is 0. The first-order valence-corrected chi connectivity index (χ1v) is 7.85. The molecule has 0 N–H and O–H groups in total. The fourth-order valence-electron chi connectivity index (χ4n) is 3.16. The molecule has 1 aliphatic heterocycles. The quantitative estimate of drug-likeness (QED) is 0.860. The van der Waals surface area contributed by atoms with Gasteiger partial charge in [-0.15, -0.1) is 0 Å². The fourth-order valence-corrected chi connectivity index (χ4v) is 3.16. The van der Waals surface area contributed by atoms with Gasteiger partial charge in [-0.1, -0.05) is 24.3 Å². The monoisotopic (exact) mass is 313 g/mol. The Hall–Kier alpha value is -2.36. The Morgan fingerprint density at radius 1 is 1.26 bits per heavy atom. The SMILES string of the molecule is COc1ccc([C@H]2CCCN2C(=O)Cc2cccc(F)c2)cc1. The predicted molar refractivity (Wildman–Crippen MR) is 86.8 cm³/mol. The summed E-state index contributed by atoms with van der Waals surface area (Å²) < 4.78 is 18.5. The highest BCUT2D eigenvalue weighted by atomic mass is 19.1. The summed E-state index contributed by atoms with van der Waals surface area (Å²) in [5, 5.41) is 0. The zero-order valence-electron chi connectivity index (χ0n) is 13.2. The maximum atomic E-state index is 13.3. The molecule has 1 amide bonds. The van der Waals surface area contributed by atoms with Crippen LogP contribution in [-0.2, 0) is 11.2 Å². The number of benzene rings is 2. The first-order valence-electron chi connectivity index (χ1n) is 7.85. The highest BCUT2D eigenvalue weighted by Crippen LogP contribution is 2.33. The van der Waals surface area contributed by atoms with Crippen molar-refractivity contribution in [1.29, 1.82) is 0 Å². The molecule has 0 aromatic heterocycles. The van der Waals surface area contributed by atoms with E-state index >= 15 is 0 Å². The molecule has 3 nitrogen and oxygen atoms in total. The predicted octanol–water partition coefficient (Wildman–Crippen LogP) is 3.74. The van der Waals surface area contributed by atoms with E-state index in [1.165, 1.54) is 12.1 Å². The number of carbonyl (C=O) groups is 1. The van der Waals surface area contributed by atoms with Crippen LogP contribution in [0.1, 0.15) is 30.0 Å². The molecule has 1 heterocycles.